The highest BCUT2D eigenvalue weighted by molar-refractivity contribution is 6.30. The van der Waals surface area contributed by atoms with Crippen LogP contribution < -0.4 is 15.0 Å². The van der Waals surface area contributed by atoms with Crippen molar-refractivity contribution in [2.45, 2.75) is 18.9 Å². The van der Waals surface area contributed by atoms with Gasteiger partial charge in [-0.05, 0) is 31.0 Å². The highest BCUT2D eigenvalue weighted by Crippen LogP contribution is 2.21. The van der Waals surface area contributed by atoms with Gasteiger partial charge in [-0.15, -0.1) is 10.2 Å². The van der Waals surface area contributed by atoms with E-state index in [1.165, 1.54) is 6.20 Å². The molecule has 3 aromatic rings. The number of carbonyl (C=O) groups is 1. The third-order valence-corrected chi connectivity index (χ3v) is 4.89. The second-order valence-electron chi connectivity index (χ2n) is 6.40. The van der Waals surface area contributed by atoms with Crippen molar-refractivity contribution in [2.75, 3.05) is 25.1 Å². The average molecular weight is 387 g/mol. The van der Waals surface area contributed by atoms with E-state index in [9.17, 15) is 4.79 Å². The highest BCUT2D eigenvalue weighted by Gasteiger charge is 2.24. The fourth-order valence-electron chi connectivity index (χ4n) is 3.20. The van der Waals surface area contributed by atoms with E-state index in [1.807, 2.05) is 16.7 Å². The SMILES string of the molecule is COc1ccc(C(=O)NC2CCN(c3nnc4ccc(Cl)cn34)CC2)cn1. The topological polar surface area (TPSA) is 84.6 Å². The van der Waals surface area contributed by atoms with Crippen LogP contribution in [0.1, 0.15) is 23.2 Å². The number of ether oxygens (including phenoxy) is 1. The maximum absolute atomic E-state index is 12.4. The number of pyridine rings is 2. The third kappa shape index (κ3) is 3.66. The lowest BCUT2D eigenvalue weighted by Crippen LogP contribution is -2.45. The van der Waals surface area contributed by atoms with Gasteiger partial charge in [0.2, 0.25) is 11.8 Å². The fourth-order valence-corrected chi connectivity index (χ4v) is 3.36. The minimum atomic E-state index is -0.122. The van der Waals surface area contributed by atoms with E-state index >= 15 is 0 Å². The molecule has 0 aromatic carbocycles. The Kier molecular flexibility index (Phi) is 4.81. The maximum atomic E-state index is 12.4. The number of rotatable bonds is 4. The van der Waals surface area contributed by atoms with E-state index in [-0.39, 0.29) is 11.9 Å². The Bertz CT molecular complexity index is 950. The molecule has 0 atom stereocenters. The average Bonchev–Trinajstić information content (AvgIpc) is 3.11. The molecule has 4 heterocycles. The molecule has 1 fully saturated rings. The van der Waals surface area contributed by atoms with Crippen LogP contribution in [0.2, 0.25) is 5.02 Å². The maximum Gasteiger partial charge on any atom is 0.253 e. The summed E-state index contributed by atoms with van der Waals surface area (Å²) in [5.74, 6) is 1.14. The molecule has 1 aliphatic heterocycles. The van der Waals surface area contributed by atoms with Gasteiger partial charge in [0.1, 0.15) is 0 Å². The van der Waals surface area contributed by atoms with Crippen LogP contribution in [0.15, 0.2) is 36.7 Å². The molecular weight excluding hydrogens is 368 g/mol. The molecule has 4 rings (SSSR count). The van der Waals surface area contributed by atoms with E-state index in [0.29, 0.717) is 16.5 Å². The number of hydrogen-bond acceptors (Lipinski definition) is 6. The highest BCUT2D eigenvalue weighted by atomic mass is 35.5. The first kappa shape index (κ1) is 17.5. The molecule has 0 bridgehead atoms. The van der Waals surface area contributed by atoms with Gasteiger partial charge in [-0.2, -0.15) is 0 Å². The lowest BCUT2D eigenvalue weighted by Gasteiger charge is -2.32. The molecule has 0 spiro atoms. The zero-order chi connectivity index (χ0) is 18.8. The predicted molar refractivity (Wildman–Crippen MR) is 101 cm³/mol. The van der Waals surface area contributed by atoms with Crippen molar-refractivity contribution in [2.24, 2.45) is 0 Å². The number of amides is 1. The van der Waals surface area contributed by atoms with Gasteiger partial charge in [0.25, 0.3) is 5.91 Å². The van der Waals surface area contributed by atoms with E-state index in [4.69, 9.17) is 16.3 Å². The van der Waals surface area contributed by atoms with Crippen molar-refractivity contribution in [1.29, 1.82) is 0 Å². The van der Waals surface area contributed by atoms with Crippen LogP contribution in [0.3, 0.4) is 0 Å². The minimum absolute atomic E-state index is 0.110. The van der Waals surface area contributed by atoms with E-state index in [1.54, 1.807) is 25.3 Å². The van der Waals surface area contributed by atoms with Crippen LogP contribution in [0.4, 0.5) is 5.95 Å². The summed E-state index contributed by atoms with van der Waals surface area (Å²) in [6.07, 6.45) is 4.99. The summed E-state index contributed by atoms with van der Waals surface area (Å²) >= 11 is 6.09. The van der Waals surface area contributed by atoms with Gasteiger partial charge in [0.15, 0.2) is 5.65 Å². The molecule has 8 nitrogen and oxygen atoms in total. The Labute approximate surface area is 161 Å². The zero-order valence-electron chi connectivity index (χ0n) is 14.8. The number of nitrogens with zero attached hydrogens (tertiary/aromatic N) is 5. The van der Waals surface area contributed by atoms with Crippen LogP contribution in [0.5, 0.6) is 5.88 Å². The van der Waals surface area contributed by atoms with E-state index in [0.717, 1.165) is 37.5 Å². The molecular formula is C18H19ClN6O2. The lowest BCUT2D eigenvalue weighted by atomic mass is 10.0. The summed E-state index contributed by atoms with van der Waals surface area (Å²) in [5.41, 5.74) is 1.29. The number of nitrogens with one attached hydrogen (secondary N) is 1. The van der Waals surface area contributed by atoms with Crippen molar-refractivity contribution in [1.82, 2.24) is 24.9 Å². The number of fused-ring (bicyclic) bond motifs is 1. The first-order chi connectivity index (χ1) is 13.1. The van der Waals surface area contributed by atoms with Gasteiger partial charge in [0, 0.05) is 37.6 Å². The van der Waals surface area contributed by atoms with Gasteiger partial charge >= 0.3 is 0 Å². The summed E-state index contributed by atoms with van der Waals surface area (Å²) in [4.78, 5) is 18.6. The van der Waals surface area contributed by atoms with Crippen molar-refractivity contribution < 1.29 is 9.53 Å². The van der Waals surface area contributed by atoms with Gasteiger partial charge in [0.05, 0.1) is 17.7 Å². The monoisotopic (exact) mass is 386 g/mol. The minimum Gasteiger partial charge on any atom is -0.481 e. The predicted octanol–water partition coefficient (Wildman–Crippen LogP) is 2.19. The first-order valence-corrected chi connectivity index (χ1v) is 9.08. The number of methoxy groups -OCH3 is 1. The number of carbonyl (C=O) groups excluding carboxylic acids is 1. The molecule has 27 heavy (non-hydrogen) atoms. The first-order valence-electron chi connectivity index (χ1n) is 8.70. The quantitative estimate of drug-likeness (QED) is 0.739. The Balaban J connectivity index is 1.38. The Morgan fingerprint density at radius 1 is 1.22 bits per heavy atom. The summed E-state index contributed by atoms with van der Waals surface area (Å²) in [6, 6.07) is 7.14. The van der Waals surface area contributed by atoms with Crippen molar-refractivity contribution in [3.05, 3.63) is 47.2 Å². The largest absolute Gasteiger partial charge is 0.481 e. The molecule has 0 saturated carbocycles. The Hall–Kier alpha value is -2.87. The fraction of sp³-hybridized carbons (Fsp3) is 0.333. The smallest absolute Gasteiger partial charge is 0.253 e. The summed E-state index contributed by atoms with van der Waals surface area (Å²) in [5, 5.41) is 12.2. The zero-order valence-corrected chi connectivity index (χ0v) is 15.6. The lowest BCUT2D eigenvalue weighted by molar-refractivity contribution is 0.0930. The van der Waals surface area contributed by atoms with Gasteiger partial charge in [-0.3, -0.25) is 9.20 Å². The van der Waals surface area contributed by atoms with Crippen LogP contribution in [-0.2, 0) is 0 Å². The van der Waals surface area contributed by atoms with Gasteiger partial charge in [-0.1, -0.05) is 11.6 Å². The Morgan fingerprint density at radius 3 is 2.74 bits per heavy atom. The second kappa shape index (κ2) is 7.40. The Morgan fingerprint density at radius 2 is 2.04 bits per heavy atom. The second-order valence-corrected chi connectivity index (χ2v) is 6.84. The summed E-state index contributed by atoms with van der Waals surface area (Å²) in [6.45, 7) is 1.55. The van der Waals surface area contributed by atoms with Crippen LogP contribution in [0, 0.1) is 0 Å². The molecule has 140 valence electrons. The molecule has 0 radical (unpaired) electrons. The van der Waals surface area contributed by atoms with Crippen LogP contribution in [-0.4, -0.2) is 51.7 Å². The molecule has 1 aliphatic rings. The number of aromatic nitrogens is 4. The molecule has 1 amide bonds. The number of piperidine rings is 1. The molecule has 0 aliphatic carbocycles. The molecule has 1 saturated heterocycles. The molecule has 3 aromatic heterocycles. The molecule has 9 heteroatoms. The number of hydrogen-bond donors (Lipinski definition) is 1. The molecule has 1 N–H and O–H groups in total. The standard InChI is InChI=1S/C18H19ClN6O2/c1-27-16-5-2-12(10-20-16)17(26)21-14-6-8-24(9-7-14)18-23-22-15-4-3-13(19)11-25(15)18/h2-5,10-11,14H,6-9H2,1H3,(H,21,26). The van der Waals surface area contributed by atoms with Gasteiger partial charge in [-0.25, -0.2) is 4.98 Å². The van der Waals surface area contributed by atoms with Crippen LogP contribution >= 0.6 is 11.6 Å². The van der Waals surface area contributed by atoms with Crippen LogP contribution in [0.25, 0.3) is 5.65 Å². The molecule has 0 unspecified atom stereocenters. The van der Waals surface area contributed by atoms with E-state index in [2.05, 4.69) is 25.4 Å². The third-order valence-electron chi connectivity index (χ3n) is 4.67. The summed E-state index contributed by atoms with van der Waals surface area (Å²) in [7, 11) is 1.54. The van der Waals surface area contributed by atoms with Crippen molar-refractivity contribution in [3.8, 4) is 5.88 Å². The number of anilines is 1. The normalized spacial score (nSPS) is 15.1. The van der Waals surface area contributed by atoms with Gasteiger partial charge < -0.3 is 15.0 Å². The summed E-state index contributed by atoms with van der Waals surface area (Å²) < 4.78 is 6.91. The van der Waals surface area contributed by atoms with Crippen molar-refractivity contribution in [3.63, 3.8) is 0 Å². The van der Waals surface area contributed by atoms with E-state index < -0.39 is 0 Å². The number of halogens is 1. The van der Waals surface area contributed by atoms with Crippen molar-refractivity contribution >= 4 is 29.1 Å².